The molecule has 0 aliphatic rings. The molecule has 1 aromatic carbocycles. The lowest BCUT2D eigenvalue weighted by molar-refractivity contribution is 0.600. The molecule has 0 aromatic heterocycles. The fourth-order valence-electron chi connectivity index (χ4n) is 1.57. The summed E-state index contributed by atoms with van der Waals surface area (Å²) >= 11 is 0. The summed E-state index contributed by atoms with van der Waals surface area (Å²) in [5.74, 6) is 0.455. The summed E-state index contributed by atoms with van der Waals surface area (Å²) in [7, 11) is -1.60. The van der Waals surface area contributed by atoms with Crippen molar-refractivity contribution in [2.45, 2.75) is 26.7 Å². The van der Waals surface area contributed by atoms with Gasteiger partial charge in [-0.3, -0.25) is 4.31 Å². The first-order chi connectivity index (χ1) is 7.23. The molecule has 0 radical (unpaired) electrons. The molecule has 0 heterocycles. The molecule has 0 saturated carbocycles. The molecule has 0 aliphatic heterocycles. The van der Waals surface area contributed by atoms with Crippen molar-refractivity contribution in [3.8, 4) is 0 Å². The number of benzene rings is 1. The van der Waals surface area contributed by atoms with Gasteiger partial charge in [0.05, 0.1) is 11.9 Å². The van der Waals surface area contributed by atoms with Crippen molar-refractivity contribution in [1.29, 1.82) is 0 Å². The third kappa shape index (κ3) is 2.76. The normalized spacial score (nSPS) is 11.9. The standard InChI is InChI=1S/C12H19NO2S/c1-9(2)11-6-7-12(10(3)8-11)13(4)16(5,14)15/h6-9H,1-5H3. The number of hydrogen-bond acceptors (Lipinski definition) is 2. The third-order valence-corrected chi connectivity index (χ3v) is 3.92. The average molecular weight is 241 g/mol. The van der Waals surface area contributed by atoms with Gasteiger partial charge in [-0.1, -0.05) is 26.0 Å². The maximum Gasteiger partial charge on any atom is 0.232 e. The Kier molecular flexibility index (Phi) is 3.63. The maximum atomic E-state index is 11.4. The van der Waals surface area contributed by atoms with Gasteiger partial charge >= 0.3 is 0 Å². The van der Waals surface area contributed by atoms with E-state index in [0.29, 0.717) is 5.92 Å². The summed E-state index contributed by atoms with van der Waals surface area (Å²) in [6, 6.07) is 5.89. The number of nitrogens with zero attached hydrogens (tertiary/aromatic N) is 1. The highest BCUT2D eigenvalue weighted by Gasteiger charge is 2.14. The summed E-state index contributed by atoms with van der Waals surface area (Å²) in [5.41, 5.74) is 2.95. The molecule has 0 bridgehead atoms. The minimum Gasteiger partial charge on any atom is -0.273 e. The van der Waals surface area contributed by atoms with E-state index in [1.54, 1.807) is 7.05 Å². The number of rotatable bonds is 3. The van der Waals surface area contributed by atoms with Crippen molar-refractivity contribution in [1.82, 2.24) is 0 Å². The van der Waals surface area contributed by atoms with Crippen LogP contribution in [0.15, 0.2) is 18.2 Å². The van der Waals surface area contributed by atoms with Crippen LogP contribution in [-0.4, -0.2) is 21.7 Å². The molecular weight excluding hydrogens is 222 g/mol. The van der Waals surface area contributed by atoms with Gasteiger partial charge in [0.15, 0.2) is 0 Å². The molecule has 0 unspecified atom stereocenters. The Morgan fingerprint density at radius 2 is 1.81 bits per heavy atom. The monoisotopic (exact) mass is 241 g/mol. The van der Waals surface area contributed by atoms with Gasteiger partial charge in [-0.25, -0.2) is 8.42 Å². The van der Waals surface area contributed by atoms with Crippen molar-refractivity contribution in [3.05, 3.63) is 29.3 Å². The topological polar surface area (TPSA) is 37.4 Å². The highest BCUT2D eigenvalue weighted by molar-refractivity contribution is 7.92. The average Bonchev–Trinajstić information content (AvgIpc) is 2.15. The Balaban J connectivity index is 3.19. The van der Waals surface area contributed by atoms with Gasteiger partial charge < -0.3 is 0 Å². The molecule has 0 N–H and O–H groups in total. The SMILES string of the molecule is Cc1cc(C(C)C)ccc1N(C)S(C)(=O)=O. The van der Waals surface area contributed by atoms with Crippen molar-refractivity contribution in [3.63, 3.8) is 0 Å². The van der Waals surface area contributed by atoms with Crippen LogP contribution in [0.1, 0.15) is 30.9 Å². The van der Waals surface area contributed by atoms with E-state index < -0.39 is 10.0 Å². The Labute approximate surface area is 98.1 Å². The third-order valence-electron chi connectivity index (χ3n) is 2.72. The zero-order valence-electron chi connectivity index (χ0n) is 10.5. The molecule has 0 spiro atoms. The minimum atomic E-state index is -3.18. The van der Waals surface area contributed by atoms with Crippen LogP contribution in [0.3, 0.4) is 0 Å². The van der Waals surface area contributed by atoms with E-state index in [1.165, 1.54) is 16.1 Å². The van der Waals surface area contributed by atoms with Crippen LogP contribution < -0.4 is 4.31 Å². The first-order valence-electron chi connectivity index (χ1n) is 5.28. The Morgan fingerprint density at radius 3 is 2.19 bits per heavy atom. The van der Waals surface area contributed by atoms with E-state index in [9.17, 15) is 8.42 Å². The molecule has 3 nitrogen and oxygen atoms in total. The smallest absolute Gasteiger partial charge is 0.232 e. The minimum absolute atomic E-state index is 0.455. The quantitative estimate of drug-likeness (QED) is 0.815. The van der Waals surface area contributed by atoms with Gasteiger partial charge in [-0.05, 0) is 30.0 Å². The Bertz CT molecular complexity index is 478. The maximum absolute atomic E-state index is 11.4. The van der Waals surface area contributed by atoms with E-state index in [-0.39, 0.29) is 0 Å². The highest BCUT2D eigenvalue weighted by Crippen LogP contribution is 2.25. The van der Waals surface area contributed by atoms with Gasteiger partial charge in [0, 0.05) is 7.05 Å². The van der Waals surface area contributed by atoms with Crippen LogP contribution >= 0.6 is 0 Å². The van der Waals surface area contributed by atoms with E-state index in [4.69, 9.17) is 0 Å². The summed E-state index contributed by atoms with van der Waals surface area (Å²) in [5, 5.41) is 0. The Hall–Kier alpha value is -1.03. The molecule has 0 fully saturated rings. The van der Waals surface area contributed by atoms with Crippen molar-refractivity contribution >= 4 is 15.7 Å². The van der Waals surface area contributed by atoms with Gasteiger partial charge in [-0.15, -0.1) is 0 Å². The first-order valence-corrected chi connectivity index (χ1v) is 7.12. The van der Waals surface area contributed by atoms with Crippen LogP contribution in [0, 0.1) is 6.92 Å². The van der Waals surface area contributed by atoms with Crippen LogP contribution in [0.25, 0.3) is 0 Å². The highest BCUT2D eigenvalue weighted by atomic mass is 32.2. The van der Waals surface area contributed by atoms with E-state index >= 15 is 0 Å². The van der Waals surface area contributed by atoms with Crippen LogP contribution in [0.2, 0.25) is 0 Å². The van der Waals surface area contributed by atoms with Gasteiger partial charge in [-0.2, -0.15) is 0 Å². The lowest BCUT2D eigenvalue weighted by Crippen LogP contribution is -2.25. The Morgan fingerprint density at radius 1 is 1.25 bits per heavy atom. The summed E-state index contributed by atoms with van der Waals surface area (Å²) in [4.78, 5) is 0. The number of anilines is 1. The summed E-state index contributed by atoms with van der Waals surface area (Å²) < 4.78 is 24.2. The summed E-state index contributed by atoms with van der Waals surface area (Å²) in [6.45, 7) is 6.17. The first kappa shape index (κ1) is 13.0. The molecule has 0 amide bonds. The van der Waals surface area contributed by atoms with E-state index in [0.717, 1.165) is 11.3 Å². The van der Waals surface area contributed by atoms with Crippen LogP contribution in [0.4, 0.5) is 5.69 Å². The van der Waals surface area contributed by atoms with Crippen LogP contribution in [0.5, 0.6) is 0 Å². The zero-order valence-corrected chi connectivity index (χ0v) is 11.3. The van der Waals surface area contributed by atoms with Crippen LogP contribution in [-0.2, 0) is 10.0 Å². The lowest BCUT2D eigenvalue weighted by Gasteiger charge is -2.20. The lowest BCUT2D eigenvalue weighted by atomic mass is 10.0. The molecule has 90 valence electrons. The molecule has 0 aliphatic carbocycles. The van der Waals surface area contributed by atoms with Crippen molar-refractivity contribution in [2.75, 3.05) is 17.6 Å². The van der Waals surface area contributed by atoms with Gasteiger partial charge in [0.25, 0.3) is 0 Å². The number of sulfonamides is 1. The predicted molar refractivity (Wildman–Crippen MR) is 68.5 cm³/mol. The van der Waals surface area contributed by atoms with Crippen molar-refractivity contribution in [2.24, 2.45) is 0 Å². The fraction of sp³-hybridized carbons (Fsp3) is 0.500. The molecule has 16 heavy (non-hydrogen) atoms. The summed E-state index contributed by atoms with van der Waals surface area (Å²) in [6.07, 6.45) is 1.21. The largest absolute Gasteiger partial charge is 0.273 e. The molecule has 1 rings (SSSR count). The fourth-order valence-corrected chi connectivity index (χ4v) is 2.13. The van der Waals surface area contributed by atoms with E-state index in [2.05, 4.69) is 13.8 Å². The molecule has 1 aromatic rings. The molecule has 4 heteroatoms. The number of aryl methyl sites for hydroxylation is 1. The van der Waals surface area contributed by atoms with E-state index in [1.807, 2.05) is 25.1 Å². The predicted octanol–water partition coefficient (Wildman–Crippen LogP) is 2.51. The van der Waals surface area contributed by atoms with Gasteiger partial charge in [0.2, 0.25) is 10.0 Å². The zero-order chi connectivity index (χ0) is 12.5. The molecule has 0 saturated heterocycles. The van der Waals surface area contributed by atoms with Gasteiger partial charge in [0.1, 0.15) is 0 Å². The molecule has 0 atom stereocenters. The van der Waals surface area contributed by atoms with Crippen molar-refractivity contribution < 1.29 is 8.42 Å². The number of hydrogen-bond donors (Lipinski definition) is 0. The second-order valence-corrected chi connectivity index (χ2v) is 6.44. The second kappa shape index (κ2) is 4.45. The molecular formula is C12H19NO2S. The second-order valence-electron chi connectivity index (χ2n) is 4.43.